The minimum absolute atomic E-state index is 0.855. The largest absolute Gasteiger partial charge is 0.369 e. The van der Waals surface area contributed by atoms with E-state index in [4.69, 9.17) is 23.1 Å². The number of rotatable bonds is 4. The lowest BCUT2D eigenvalue weighted by molar-refractivity contribution is -2.00. The van der Waals surface area contributed by atoms with Crippen LogP contribution in [-0.4, -0.2) is 0 Å². The molecular weight excluding hydrogens is 464 g/mol. The Balaban J connectivity index is 0.000000527. The molecule has 0 N–H and O–H groups in total. The first-order valence-electron chi connectivity index (χ1n) is 10.7. The molecule has 0 saturated carbocycles. The zero-order valence-electron chi connectivity index (χ0n) is 18.5. The van der Waals surface area contributed by atoms with E-state index in [0.717, 1.165) is 39.3 Å². The molecule has 0 aliphatic heterocycles. The molecule has 0 unspecified atom stereocenters. The lowest BCUT2D eigenvalue weighted by Crippen LogP contribution is -2.68. The summed E-state index contributed by atoms with van der Waals surface area (Å²) < 4.78 is 40.6. The van der Waals surface area contributed by atoms with E-state index in [2.05, 4.69) is 97.1 Å². The molecule has 1 aromatic heterocycles. The highest BCUT2D eigenvalue weighted by Crippen LogP contribution is 2.43. The molecule has 0 fully saturated rings. The van der Waals surface area contributed by atoms with Crippen molar-refractivity contribution in [2.45, 2.75) is 0 Å². The third-order valence-electron chi connectivity index (χ3n) is 5.23. The fourth-order valence-electron chi connectivity index (χ4n) is 3.79. The van der Waals surface area contributed by atoms with Gasteiger partial charge in [0.1, 0.15) is 0 Å². The first-order chi connectivity index (χ1) is 16.9. The van der Waals surface area contributed by atoms with Crippen molar-refractivity contribution in [2.24, 2.45) is 0 Å². The Morgan fingerprint density at radius 2 is 0.829 bits per heavy atom. The first kappa shape index (κ1) is 24.3. The fourth-order valence-corrected chi connectivity index (χ4v) is 3.79. The second-order valence-electron chi connectivity index (χ2n) is 7.57. The Morgan fingerprint density at radius 3 is 1.29 bits per heavy atom. The molecule has 4 aromatic carbocycles. The highest BCUT2D eigenvalue weighted by atomic mass is 35.7. The van der Waals surface area contributed by atoms with Crippen LogP contribution in [0.1, 0.15) is 0 Å². The standard InChI is InChI=1S/C29H21O.ClHO4/c1-5-13-22(14-6-1)26-21-27(23-15-7-2-8-16-23)30-29(25-19-11-4-12-20-25)28(26)24-17-9-3-10-18-24;2-1(3,4)5/h1-21H;(H,2,3,4,5)/q+1;/p-1. The third kappa shape index (κ3) is 6.61. The normalized spacial score (nSPS) is 10.9. The van der Waals surface area contributed by atoms with Crippen LogP contribution in [0.15, 0.2) is 132 Å². The Labute approximate surface area is 205 Å². The minimum atomic E-state index is -4.94. The summed E-state index contributed by atoms with van der Waals surface area (Å²) in [7, 11) is -4.94. The summed E-state index contributed by atoms with van der Waals surface area (Å²) in [6.45, 7) is 0. The number of hydrogen-bond donors (Lipinski definition) is 0. The molecule has 5 rings (SSSR count). The van der Waals surface area contributed by atoms with Crippen LogP contribution < -0.4 is 18.6 Å². The summed E-state index contributed by atoms with van der Waals surface area (Å²) in [5.41, 5.74) is 6.69. The smallest absolute Gasteiger partial charge is 0.222 e. The Kier molecular flexibility index (Phi) is 7.67. The van der Waals surface area contributed by atoms with Gasteiger partial charge in [0.05, 0.1) is 22.8 Å². The number of halogens is 1. The molecule has 6 heteroatoms. The summed E-state index contributed by atoms with van der Waals surface area (Å²) >= 11 is 0. The quantitative estimate of drug-likeness (QED) is 0.363. The molecule has 0 aliphatic carbocycles. The molecule has 0 atom stereocenters. The molecule has 0 amide bonds. The average molecular weight is 485 g/mol. The van der Waals surface area contributed by atoms with E-state index >= 15 is 0 Å². The van der Waals surface area contributed by atoms with Crippen molar-refractivity contribution in [2.75, 3.05) is 0 Å². The maximum absolute atomic E-state index is 8.49. The second-order valence-corrected chi connectivity index (χ2v) is 8.33. The Hall–Kier alpha value is -3.84. The van der Waals surface area contributed by atoms with Crippen molar-refractivity contribution in [3.8, 4) is 44.9 Å². The highest BCUT2D eigenvalue weighted by Gasteiger charge is 2.28. The van der Waals surface area contributed by atoms with Gasteiger partial charge in [0.2, 0.25) is 0 Å². The van der Waals surface area contributed by atoms with Crippen LogP contribution in [0.4, 0.5) is 0 Å². The Morgan fingerprint density at radius 1 is 0.457 bits per heavy atom. The van der Waals surface area contributed by atoms with Gasteiger partial charge in [0.25, 0.3) is 0 Å². The summed E-state index contributed by atoms with van der Waals surface area (Å²) in [5, 5.41) is 0. The molecule has 174 valence electrons. The van der Waals surface area contributed by atoms with Gasteiger partial charge >= 0.3 is 11.5 Å². The zero-order valence-corrected chi connectivity index (χ0v) is 19.3. The summed E-state index contributed by atoms with van der Waals surface area (Å²) in [5.74, 6) is 1.73. The van der Waals surface area contributed by atoms with Gasteiger partial charge in [-0.15, -0.1) is 10.2 Å². The molecule has 0 aliphatic rings. The molecule has 5 nitrogen and oxygen atoms in total. The predicted octanol–water partition coefficient (Wildman–Crippen LogP) is 3.47. The van der Waals surface area contributed by atoms with E-state index in [1.54, 1.807) is 0 Å². The number of hydrogen-bond acceptors (Lipinski definition) is 4. The molecular formula is C29H21ClO5. The monoisotopic (exact) mass is 484 g/mol. The van der Waals surface area contributed by atoms with Crippen LogP contribution in [0.2, 0.25) is 0 Å². The first-order valence-corrected chi connectivity index (χ1v) is 12.0. The lowest BCUT2D eigenvalue weighted by atomic mass is 9.91. The molecule has 35 heavy (non-hydrogen) atoms. The van der Waals surface area contributed by atoms with Gasteiger partial charge in [-0.05, 0) is 35.4 Å². The predicted molar refractivity (Wildman–Crippen MR) is 125 cm³/mol. The molecule has 1 heterocycles. The van der Waals surface area contributed by atoms with Gasteiger partial charge in [-0.1, -0.05) is 97.1 Å². The maximum atomic E-state index is 8.49. The second kappa shape index (κ2) is 11.1. The van der Waals surface area contributed by atoms with Crippen LogP contribution in [0, 0.1) is 10.2 Å². The summed E-state index contributed by atoms with van der Waals surface area (Å²) in [6.07, 6.45) is 0. The molecule has 0 radical (unpaired) electrons. The maximum Gasteiger partial charge on any atom is 0.369 e. The topological polar surface area (TPSA) is 104 Å². The Bertz CT molecular complexity index is 1290. The van der Waals surface area contributed by atoms with Crippen molar-refractivity contribution < 1.29 is 33.3 Å². The van der Waals surface area contributed by atoms with E-state index < -0.39 is 10.2 Å². The van der Waals surface area contributed by atoms with Crippen LogP contribution >= 0.6 is 0 Å². The minimum Gasteiger partial charge on any atom is -0.222 e. The van der Waals surface area contributed by atoms with Crippen molar-refractivity contribution in [3.05, 3.63) is 127 Å². The van der Waals surface area contributed by atoms with Crippen molar-refractivity contribution in [1.82, 2.24) is 0 Å². The summed E-state index contributed by atoms with van der Waals surface area (Å²) in [4.78, 5) is 0. The van der Waals surface area contributed by atoms with E-state index in [-0.39, 0.29) is 0 Å². The van der Waals surface area contributed by atoms with Gasteiger partial charge in [-0.25, -0.2) is 23.1 Å². The van der Waals surface area contributed by atoms with Crippen molar-refractivity contribution >= 4 is 0 Å². The molecule has 0 saturated heterocycles. The lowest BCUT2D eigenvalue weighted by Gasteiger charge is -2.17. The van der Waals surface area contributed by atoms with Gasteiger partial charge in [0, 0.05) is 5.56 Å². The zero-order chi connectivity index (χ0) is 24.7. The van der Waals surface area contributed by atoms with Gasteiger partial charge < -0.3 is 0 Å². The number of benzene rings is 4. The van der Waals surface area contributed by atoms with Crippen LogP contribution in [-0.2, 0) is 0 Å². The van der Waals surface area contributed by atoms with E-state index in [9.17, 15) is 0 Å². The average Bonchev–Trinajstić information content (AvgIpc) is 2.89. The van der Waals surface area contributed by atoms with E-state index in [1.165, 1.54) is 5.56 Å². The van der Waals surface area contributed by atoms with Crippen LogP contribution in [0.3, 0.4) is 0 Å². The van der Waals surface area contributed by atoms with Crippen LogP contribution in [0.25, 0.3) is 44.9 Å². The van der Waals surface area contributed by atoms with Crippen LogP contribution in [0.5, 0.6) is 0 Å². The third-order valence-corrected chi connectivity index (χ3v) is 5.23. The molecule has 0 bridgehead atoms. The van der Waals surface area contributed by atoms with Gasteiger partial charge in [-0.3, -0.25) is 0 Å². The molecule has 0 spiro atoms. The van der Waals surface area contributed by atoms with Gasteiger partial charge in [-0.2, -0.15) is 0 Å². The van der Waals surface area contributed by atoms with Gasteiger partial charge in [0.15, 0.2) is 0 Å². The van der Waals surface area contributed by atoms with Crippen molar-refractivity contribution in [1.29, 1.82) is 0 Å². The highest BCUT2D eigenvalue weighted by molar-refractivity contribution is 5.93. The van der Waals surface area contributed by atoms with E-state index in [0.29, 0.717) is 0 Å². The SMILES string of the molecule is [O-][Cl+3]([O-])([O-])[O-].c1ccc(-c2cc(-c3ccccc3)c(-c3ccccc3)c(-c3ccccc3)[o+]2)cc1. The summed E-state index contributed by atoms with van der Waals surface area (Å²) in [6, 6.07) is 43.8. The van der Waals surface area contributed by atoms with Crippen molar-refractivity contribution in [3.63, 3.8) is 0 Å². The van der Waals surface area contributed by atoms with E-state index in [1.807, 2.05) is 30.3 Å². The molecule has 5 aromatic rings. The fraction of sp³-hybridized carbons (Fsp3) is 0.